The van der Waals surface area contributed by atoms with Crippen LogP contribution in [-0.4, -0.2) is 70.5 Å². The molecule has 12 heteroatoms. The topological polar surface area (TPSA) is 161 Å². The van der Waals surface area contributed by atoms with Crippen LogP contribution in [0.15, 0.2) is 6.07 Å². The van der Waals surface area contributed by atoms with E-state index < -0.39 is 35.5 Å². The predicted octanol–water partition coefficient (Wildman–Crippen LogP) is 1.44. The monoisotopic (exact) mass is 582 g/mol. The number of pyridine rings is 1. The van der Waals surface area contributed by atoms with E-state index in [-0.39, 0.29) is 69.2 Å². The van der Waals surface area contributed by atoms with Crippen molar-refractivity contribution in [3.63, 3.8) is 0 Å². The Morgan fingerprint density at radius 1 is 1.33 bits per heavy atom. The molecule has 224 valence electrons. The number of rotatable bonds is 8. The van der Waals surface area contributed by atoms with Gasteiger partial charge in [0.1, 0.15) is 24.8 Å². The lowest BCUT2D eigenvalue weighted by atomic mass is 9.69. The lowest BCUT2D eigenvalue weighted by Crippen LogP contribution is -2.61. The van der Waals surface area contributed by atoms with Crippen molar-refractivity contribution in [2.75, 3.05) is 26.4 Å². The van der Waals surface area contributed by atoms with Crippen LogP contribution in [-0.2, 0) is 41.6 Å². The number of aromatic nitrogens is 1. The van der Waals surface area contributed by atoms with Crippen molar-refractivity contribution in [1.82, 2.24) is 15.2 Å². The van der Waals surface area contributed by atoms with Gasteiger partial charge in [-0.3, -0.25) is 19.4 Å². The van der Waals surface area contributed by atoms with Crippen molar-refractivity contribution >= 4 is 34.5 Å². The number of nitrogens with one attached hydrogen (secondary N) is 1. The first kappa shape index (κ1) is 28.6. The molecule has 6 rings (SSSR count). The quantitative estimate of drug-likeness (QED) is 0.309. The summed E-state index contributed by atoms with van der Waals surface area (Å²) in [5.41, 5.74) is 7.58. The van der Waals surface area contributed by atoms with E-state index in [4.69, 9.17) is 20.2 Å². The van der Waals surface area contributed by atoms with E-state index in [0.29, 0.717) is 36.0 Å². The van der Waals surface area contributed by atoms with Gasteiger partial charge in [-0.25, -0.2) is 9.18 Å². The number of benzene rings is 1. The van der Waals surface area contributed by atoms with Crippen molar-refractivity contribution in [2.45, 2.75) is 70.2 Å². The minimum atomic E-state index is -1.78. The number of ether oxygens (including phenoxy) is 2. The zero-order chi connectivity index (χ0) is 29.9. The molecule has 0 spiro atoms. The predicted molar refractivity (Wildman–Crippen MR) is 146 cm³/mol. The number of esters is 1. The molecular weight excluding hydrogens is 547 g/mol. The summed E-state index contributed by atoms with van der Waals surface area (Å²) in [6.07, 6.45) is 1.60. The van der Waals surface area contributed by atoms with Gasteiger partial charge in [0, 0.05) is 35.9 Å². The van der Waals surface area contributed by atoms with Gasteiger partial charge in [-0.1, -0.05) is 6.92 Å². The molecule has 1 aliphatic carbocycles. The van der Waals surface area contributed by atoms with Gasteiger partial charge in [-0.15, -0.1) is 0 Å². The number of cyclic esters (lactones) is 1. The molecule has 0 bridgehead atoms. The van der Waals surface area contributed by atoms with Crippen LogP contribution >= 0.6 is 0 Å². The summed E-state index contributed by atoms with van der Waals surface area (Å²) >= 11 is 0. The zero-order valence-electron chi connectivity index (χ0n) is 23.7. The largest absolute Gasteiger partial charge is 0.463 e. The first-order valence-corrected chi connectivity index (χ1v) is 14.5. The van der Waals surface area contributed by atoms with Crippen LogP contribution in [0.2, 0.25) is 0 Å². The maximum atomic E-state index is 15.1. The molecule has 42 heavy (non-hydrogen) atoms. The number of halogens is 1. The van der Waals surface area contributed by atoms with Crippen LogP contribution in [0, 0.1) is 24.6 Å². The Hall–Kier alpha value is -3.48. The summed E-state index contributed by atoms with van der Waals surface area (Å²) < 4.78 is 25.7. The van der Waals surface area contributed by atoms with Crippen LogP contribution in [0.4, 0.5) is 4.39 Å². The van der Waals surface area contributed by atoms with E-state index in [9.17, 15) is 24.3 Å². The highest BCUT2D eigenvalue weighted by Gasteiger charge is 2.59. The van der Waals surface area contributed by atoms with Gasteiger partial charge >= 0.3 is 5.97 Å². The van der Waals surface area contributed by atoms with Crippen molar-refractivity contribution in [3.8, 4) is 0 Å². The Bertz CT molecular complexity index is 1510. The first-order valence-electron chi connectivity index (χ1n) is 14.5. The third-order valence-electron chi connectivity index (χ3n) is 9.61. The third kappa shape index (κ3) is 4.38. The Labute approximate surface area is 241 Å². The van der Waals surface area contributed by atoms with Crippen molar-refractivity contribution < 1.29 is 38.1 Å². The Morgan fingerprint density at radius 3 is 2.86 bits per heavy atom. The molecule has 5 atom stereocenters. The van der Waals surface area contributed by atoms with Gasteiger partial charge in [-0.2, -0.15) is 0 Å². The molecule has 11 nitrogen and oxygen atoms in total. The normalized spacial score (nSPS) is 27.8. The van der Waals surface area contributed by atoms with Gasteiger partial charge in [0.15, 0.2) is 5.60 Å². The average Bonchev–Trinajstić information content (AvgIpc) is 3.35. The number of nitrogens with zero attached hydrogens (tertiary/aromatic N) is 2. The van der Waals surface area contributed by atoms with Crippen molar-refractivity contribution in [1.29, 1.82) is 0 Å². The standard InChI is InChI=1S/C30H35FN4O7/c1-3-30(40)19-8-23-27-17(11-35(23)28(38)18(19)12-42-29(30)39)26-21(33-24(37)13-41-7-6-15(36)10-32)5-4-16-14(2)20(31)9-22(34-27)25(16)26/h9,18-19,21,23,40H,3-8,10-13,32H2,1-2H3,(H,33,37)/t18?,19?,21-,23?,30+/m0/s1. The molecule has 3 unspecified atom stereocenters. The first-order chi connectivity index (χ1) is 20.1. The Kier molecular flexibility index (Phi) is 7.27. The van der Waals surface area contributed by atoms with Crippen LogP contribution in [0.3, 0.4) is 0 Å². The number of hydrogen-bond donors (Lipinski definition) is 3. The van der Waals surface area contributed by atoms with Crippen LogP contribution < -0.4 is 11.1 Å². The van der Waals surface area contributed by atoms with Gasteiger partial charge in [0.25, 0.3) is 0 Å². The maximum absolute atomic E-state index is 15.1. The molecule has 1 aromatic heterocycles. The van der Waals surface area contributed by atoms with E-state index >= 15 is 4.39 Å². The molecule has 2 amide bonds. The number of carbonyl (C=O) groups excluding carboxylic acids is 4. The molecular formula is C30H35FN4O7. The van der Waals surface area contributed by atoms with E-state index in [0.717, 1.165) is 22.1 Å². The minimum Gasteiger partial charge on any atom is -0.463 e. The highest BCUT2D eigenvalue weighted by Crippen LogP contribution is 2.52. The fourth-order valence-corrected chi connectivity index (χ4v) is 7.32. The van der Waals surface area contributed by atoms with Crippen LogP contribution in [0.5, 0.6) is 0 Å². The third-order valence-corrected chi connectivity index (χ3v) is 9.61. The molecule has 0 saturated carbocycles. The van der Waals surface area contributed by atoms with E-state index in [2.05, 4.69) is 5.32 Å². The lowest BCUT2D eigenvalue weighted by molar-refractivity contribution is -0.202. The molecule has 4 aliphatic rings. The van der Waals surface area contributed by atoms with Crippen LogP contribution in [0.25, 0.3) is 10.9 Å². The number of piperidine rings is 1. The Morgan fingerprint density at radius 2 is 2.12 bits per heavy atom. The highest BCUT2D eigenvalue weighted by molar-refractivity contribution is 5.92. The fourth-order valence-electron chi connectivity index (χ4n) is 7.32. The number of amides is 2. The number of carbonyl (C=O) groups is 4. The number of aliphatic hydroxyl groups is 1. The average molecular weight is 583 g/mol. The summed E-state index contributed by atoms with van der Waals surface area (Å²) in [5, 5.41) is 15.1. The number of Topliss-reactive ketones (excluding diaryl/α,β-unsaturated/α-hetero) is 1. The van der Waals surface area contributed by atoms with Gasteiger partial charge in [0.05, 0.1) is 42.4 Å². The van der Waals surface area contributed by atoms with E-state index in [1.165, 1.54) is 6.07 Å². The van der Waals surface area contributed by atoms with Crippen LogP contribution in [0.1, 0.15) is 72.6 Å². The number of nitrogens with two attached hydrogens (primary N) is 1. The fraction of sp³-hybridized carbons (Fsp3) is 0.567. The number of ketones is 1. The molecule has 0 radical (unpaired) electrons. The van der Waals surface area contributed by atoms with Gasteiger partial charge in [-0.05, 0) is 49.3 Å². The summed E-state index contributed by atoms with van der Waals surface area (Å²) in [5.74, 6) is -3.13. The van der Waals surface area contributed by atoms with Gasteiger partial charge < -0.3 is 30.5 Å². The Balaban J connectivity index is 1.38. The number of aryl methyl sites for hydroxylation is 1. The molecule has 1 aromatic carbocycles. The second-order valence-electron chi connectivity index (χ2n) is 11.8. The second kappa shape index (κ2) is 10.7. The SMILES string of the molecule is CC[C@]1(O)C(=O)OCC2C(=O)N3Cc4c(nc5cc(F)c(C)c6c5c4[C@@H](NC(=O)COCCC(=O)CN)CC6)C3CC21. The molecule has 2 fully saturated rings. The number of fused-ring (bicyclic) bond motifs is 5. The maximum Gasteiger partial charge on any atom is 0.338 e. The minimum absolute atomic E-state index is 0.0801. The van der Waals surface area contributed by atoms with Gasteiger partial charge in [0.2, 0.25) is 11.8 Å². The molecule has 4 N–H and O–H groups in total. The smallest absolute Gasteiger partial charge is 0.338 e. The highest BCUT2D eigenvalue weighted by atomic mass is 19.1. The number of hydrogen-bond acceptors (Lipinski definition) is 9. The molecule has 2 saturated heterocycles. The summed E-state index contributed by atoms with van der Waals surface area (Å²) in [7, 11) is 0. The zero-order valence-corrected chi connectivity index (χ0v) is 23.7. The molecule has 2 aromatic rings. The lowest BCUT2D eigenvalue weighted by Gasteiger charge is -2.48. The van der Waals surface area contributed by atoms with E-state index in [1.54, 1.807) is 18.7 Å². The molecule has 3 aliphatic heterocycles. The van der Waals surface area contributed by atoms with Crippen molar-refractivity contribution in [2.24, 2.45) is 17.6 Å². The second-order valence-corrected chi connectivity index (χ2v) is 11.8. The van der Waals surface area contributed by atoms with Crippen molar-refractivity contribution in [3.05, 3.63) is 39.8 Å². The summed E-state index contributed by atoms with van der Waals surface area (Å²) in [6.45, 7) is 3.36. The molecule has 4 heterocycles. The van der Waals surface area contributed by atoms with E-state index in [1.807, 2.05) is 0 Å². The summed E-state index contributed by atoms with van der Waals surface area (Å²) in [4.78, 5) is 57.4. The summed E-state index contributed by atoms with van der Waals surface area (Å²) in [6, 6.07) is 0.461.